The van der Waals surface area contributed by atoms with Crippen LogP contribution in [0.25, 0.3) is 100 Å². The molecule has 2 nitrogen and oxygen atoms in total. The molecule has 3 heteroatoms. The maximum atomic E-state index is 2.77. The van der Waals surface area contributed by atoms with Crippen LogP contribution in [-0.4, -0.2) is 6.71 Å². The van der Waals surface area contributed by atoms with Crippen LogP contribution in [0.5, 0.6) is 0 Å². The summed E-state index contributed by atoms with van der Waals surface area (Å²) in [7, 11) is 0. The summed E-state index contributed by atoms with van der Waals surface area (Å²) in [5.41, 5.74) is 40.1. The van der Waals surface area contributed by atoms with Gasteiger partial charge in [-0.2, -0.15) is 0 Å². The molecule has 16 aromatic carbocycles. The van der Waals surface area contributed by atoms with E-state index in [1.807, 2.05) is 0 Å². The van der Waals surface area contributed by atoms with Crippen molar-refractivity contribution < 1.29 is 0 Å². The molecule has 0 saturated carbocycles. The summed E-state index contributed by atoms with van der Waals surface area (Å²) in [4.78, 5) is 5.50. The molecule has 3 aliphatic rings. The Balaban J connectivity index is 1.04. The van der Waals surface area contributed by atoms with E-state index in [-0.39, 0.29) is 28.4 Å². The summed E-state index contributed by atoms with van der Waals surface area (Å²) in [5, 5.41) is 0. The molecule has 0 spiro atoms. The van der Waals surface area contributed by atoms with Gasteiger partial charge >= 0.3 is 0 Å². The van der Waals surface area contributed by atoms with Crippen molar-refractivity contribution in [2.24, 2.45) is 0 Å². The monoisotopic (exact) mass is 1490 g/mol. The van der Waals surface area contributed by atoms with E-state index >= 15 is 0 Å². The quantitative estimate of drug-likeness (QED) is 0.113. The Morgan fingerprint density at radius 3 is 1.02 bits per heavy atom. The topological polar surface area (TPSA) is 6.48 Å². The van der Waals surface area contributed by atoms with Gasteiger partial charge in [-0.15, -0.1) is 0 Å². The standard InChI is InChI=1S/C113H97BN2/c1-109(2,3)87-62-81(63-88(72-87)110(4,5)6)79-59-61-101-100(68-79)114-99-60-58-80(82-64-89(111(7,8)9)73-90(65-82)112(10,11)12)69-102(99)116(108-96(77-44-26-16-27-45-77)66-83(74-38-20-13-21-39-74)67-97(108)78-46-28-17-29-47-78)104-71-84(70-103(106(104)114)115(101)107-92(75-40-22-14-23-41-75)54-37-55-93(107)76-42-24-15-25-43-76)91-53-36-56-95-94-52-34-35-57-98(94)113(105(91)95,85-48-30-18-31-49-85)86-50-32-19-33-51-86/h13-73H,1-12H3. The fourth-order valence-corrected chi connectivity index (χ4v) is 18.9. The number of nitrogens with zero attached hydrogens (tertiary/aromatic N) is 2. The molecular weight excluding hydrogens is 1400 g/mol. The van der Waals surface area contributed by atoms with E-state index in [0.717, 1.165) is 106 Å². The molecule has 19 rings (SSSR count). The molecule has 0 radical (unpaired) electrons. The number of hydrogen-bond acceptors (Lipinski definition) is 2. The van der Waals surface area contributed by atoms with Gasteiger partial charge in [0, 0.05) is 45.0 Å². The van der Waals surface area contributed by atoms with Crippen LogP contribution in [0.1, 0.15) is 128 Å². The Morgan fingerprint density at radius 2 is 0.560 bits per heavy atom. The third-order valence-corrected chi connectivity index (χ3v) is 24.9. The Bertz CT molecular complexity index is 6230. The van der Waals surface area contributed by atoms with E-state index in [2.05, 4.69) is 463 Å². The molecule has 0 N–H and O–H groups in total. The highest BCUT2D eigenvalue weighted by atomic mass is 15.2. The van der Waals surface area contributed by atoms with Crippen molar-refractivity contribution in [2.75, 3.05) is 9.80 Å². The van der Waals surface area contributed by atoms with Gasteiger partial charge in [-0.3, -0.25) is 0 Å². The number of fused-ring (bicyclic) bond motifs is 7. The van der Waals surface area contributed by atoms with Gasteiger partial charge < -0.3 is 9.80 Å². The molecule has 1 aliphatic carbocycles. The molecule has 0 atom stereocenters. The normalized spacial score (nSPS) is 13.4. The molecule has 562 valence electrons. The minimum absolute atomic E-state index is 0.120. The zero-order valence-corrected chi connectivity index (χ0v) is 68.7. The van der Waals surface area contributed by atoms with E-state index in [1.54, 1.807) is 0 Å². The summed E-state index contributed by atoms with van der Waals surface area (Å²) in [5.74, 6) is 0. The fourth-order valence-electron chi connectivity index (χ4n) is 18.9. The largest absolute Gasteiger partial charge is 0.310 e. The summed E-state index contributed by atoms with van der Waals surface area (Å²) in [6, 6.07) is 142. The van der Waals surface area contributed by atoms with Crippen molar-refractivity contribution in [1.29, 1.82) is 0 Å². The van der Waals surface area contributed by atoms with E-state index in [4.69, 9.17) is 0 Å². The lowest BCUT2D eigenvalue weighted by molar-refractivity contribution is 0.568. The average Bonchev–Trinajstić information content (AvgIpc) is 1.02. The lowest BCUT2D eigenvalue weighted by atomic mass is 9.33. The van der Waals surface area contributed by atoms with Crippen molar-refractivity contribution in [2.45, 2.75) is 110 Å². The second kappa shape index (κ2) is 28.3. The number of rotatable bonds is 12. The minimum atomic E-state index is -0.746. The molecule has 0 bridgehead atoms. The second-order valence-corrected chi connectivity index (χ2v) is 36.4. The van der Waals surface area contributed by atoms with Crippen LogP contribution in [0.3, 0.4) is 0 Å². The summed E-state index contributed by atoms with van der Waals surface area (Å²) >= 11 is 0. The zero-order valence-electron chi connectivity index (χ0n) is 68.7. The van der Waals surface area contributed by atoms with Crippen molar-refractivity contribution >= 4 is 57.2 Å². The minimum Gasteiger partial charge on any atom is -0.310 e. The summed E-state index contributed by atoms with van der Waals surface area (Å²) in [6.07, 6.45) is 0. The van der Waals surface area contributed by atoms with Gasteiger partial charge in [-0.1, -0.05) is 417 Å². The lowest BCUT2D eigenvalue weighted by Crippen LogP contribution is -2.61. The predicted octanol–water partition coefficient (Wildman–Crippen LogP) is 28.7. The highest BCUT2D eigenvalue weighted by molar-refractivity contribution is 7.00. The Morgan fingerprint density at radius 1 is 0.216 bits per heavy atom. The molecule has 2 heterocycles. The number of hydrogen-bond donors (Lipinski definition) is 0. The number of benzene rings is 16. The highest BCUT2D eigenvalue weighted by Crippen LogP contribution is 2.61. The van der Waals surface area contributed by atoms with Gasteiger partial charge in [-0.05, 0) is 197 Å². The van der Waals surface area contributed by atoms with Gasteiger partial charge in [0.15, 0.2) is 0 Å². The fraction of sp³-hybridized carbons (Fsp3) is 0.150. The van der Waals surface area contributed by atoms with Crippen molar-refractivity contribution in [3.8, 4) is 100 Å². The van der Waals surface area contributed by atoms with Crippen LogP contribution in [0.2, 0.25) is 0 Å². The Labute approximate surface area is 687 Å². The molecule has 16 aromatic rings. The second-order valence-electron chi connectivity index (χ2n) is 36.4. The van der Waals surface area contributed by atoms with E-state index in [9.17, 15) is 0 Å². The SMILES string of the molecule is CC(C)(C)c1cc(-c2ccc3c(c2)B2c4ccc(-c5cc(C(C)(C)C)cc(C(C)(C)C)c5)cc4N(c4c(-c5ccccc5)cc(-c5ccccc5)cc4-c4ccccc4)c4cc(-c5cccc6c5C(c5ccccc5)(c5ccccc5)c5ccccc5-6)cc(c42)N3c2c(-c3ccccc3)cccc2-c2ccccc2)cc(C(C)(C)C)c1. The average molecular weight is 1490 g/mol. The number of anilines is 6. The van der Waals surface area contributed by atoms with Crippen LogP contribution in [0, 0.1) is 0 Å². The third-order valence-electron chi connectivity index (χ3n) is 24.9. The molecule has 0 amide bonds. The van der Waals surface area contributed by atoms with Crippen LogP contribution in [0.15, 0.2) is 370 Å². The third kappa shape index (κ3) is 12.6. The first-order chi connectivity index (χ1) is 56.1. The predicted molar refractivity (Wildman–Crippen MR) is 496 cm³/mol. The number of para-hydroxylation sites is 1. The Hall–Kier alpha value is -12.8. The molecule has 0 aromatic heterocycles. The smallest absolute Gasteiger partial charge is 0.252 e. The molecule has 0 fully saturated rings. The lowest BCUT2D eigenvalue weighted by Gasteiger charge is -2.46. The van der Waals surface area contributed by atoms with Gasteiger partial charge in [0.05, 0.1) is 16.8 Å². The molecule has 116 heavy (non-hydrogen) atoms. The van der Waals surface area contributed by atoms with Gasteiger partial charge in [0.1, 0.15) is 0 Å². The maximum Gasteiger partial charge on any atom is 0.252 e. The zero-order chi connectivity index (χ0) is 79.6. The van der Waals surface area contributed by atoms with Crippen LogP contribution in [-0.2, 0) is 27.1 Å². The molecule has 0 unspecified atom stereocenters. The highest BCUT2D eigenvalue weighted by Gasteiger charge is 2.50. The maximum absolute atomic E-state index is 2.77. The molecule has 0 saturated heterocycles. The van der Waals surface area contributed by atoms with E-state index in [0.29, 0.717) is 0 Å². The van der Waals surface area contributed by atoms with E-state index < -0.39 is 5.41 Å². The summed E-state index contributed by atoms with van der Waals surface area (Å²) in [6.45, 7) is 28.0. The van der Waals surface area contributed by atoms with Crippen molar-refractivity contribution in [1.82, 2.24) is 0 Å². The van der Waals surface area contributed by atoms with Crippen LogP contribution in [0.4, 0.5) is 34.1 Å². The first-order valence-electron chi connectivity index (χ1n) is 41.4. The van der Waals surface area contributed by atoms with Crippen LogP contribution >= 0.6 is 0 Å². The van der Waals surface area contributed by atoms with Crippen molar-refractivity contribution in [3.05, 3.63) is 415 Å². The molecular formula is C113H97BN2. The summed E-state index contributed by atoms with van der Waals surface area (Å²) < 4.78 is 0. The van der Waals surface area contributed by atoms with Crippen LogP contribution < -0.4 is 26.2 Å². The van der Waals surface area contributed by atoms with Gasteiger partial charge in [0.25, 0.3) is 6.71 Å². The first-order valence-corrected chi connectivity index (χ1v) is 41.4. The van der Waals surface area contributed by atoms with Crippen molar-refractivity contribution in [3.63, 3.8) is 0 Å². The molecule has 2 aliphatic heterocycles. The van der Waals surface area contributed by atoms with Gasteiger partial charge in [-0.25, -0.2) is 0 Å². The van der Waals surface area contributed by atoms with E-state index in [1.165, 1.54) is 88.7 Å². The first kappa shape index (κ1) is 73.4. The Kier molecular flexibility index (Phi) is 17.9. The van der Waals surface area contributed by atoms with Gasteiger partial charge in [0.2, 0.25) is 0 Å².